The predicted octanol–water partition coefficient (Wildman–Crippen LogP) is 4.04. The number of methoxy groups -OCH3 is 1. The van der Waals surface area contributed by atoms with E-state index in [9.17, 15) is 9.59 Å². The summed E-state index contributed by atoms with van der Waals surface area (Å²) < 4.78 is 6.82. The van der Waals surface area contributed by atoms with Crippen molar-refractivity contribution in [1.82, 2.24) is 9.78 Å². The third-order valence-electron chi connectivity index (χ3n) is 4.87. The standard InChI is InChI=1S/C21H19ClN4O3/c1-12-6-7-14(22)9-17(12)24-19(27)10-18-21(28)25-20-16(11-23-26(18)20)13-4-3-5-15(8-13)29-2/h3-9,11,18H,10H2,1-2H3,(H,24,27)(H,25,28). The van der Waals surface area contributed by atoms with Crippen molar-refractivity contribution in [3.8, 4) is 16.9 Å². The summed E-state index contributed by atoms with van der Waals surface area (Å²) in [4.78, 5) is 25.1. The molecule has 7 nitrogen and oxygen atoms in total. The van der Waals surface area contributed by atoms with Crippen LogP contribution in [0.15, 0.2) is 48.7 Å². The van der Waals surface area contributed by atoms with Crippen molar-refractivity contribution in [3.05, 3.63) is 59.2 Å². The number of anilines is 2. The summed E-state index contributed by atoms with van der Waals surface area (Å²) in [7, 11) is 1.60. The summed E-state index contributed by atoms with van der Waals surface area (Å²) in [5.41, 5.74) is 3.15. The molecule has 2 amide bonds. The van der Waals surface area contributed by atoms with Crippen LogP contribution in [-0.4, -0.2) is 28.7 Å². The van der Waals surface area contributed by atoms with Gasteiger partial charge in [0.25, 0.3) is 5.91 Å². The van der Waals surface area contributed by atoms with Crippen LogP contribution in [0.1, 0.15) is 18.0 Å². The van der Waals surface area contributed by atoms with Crippen LogP contribution in [0.4, 0.5) is 11.5 Å². The fourth-order valence-corrected chi connectivity index (χ4v) is 3.49. The zero-order chi connectivity index (χ0) is 20.5. The number of carbonyl (C=O) groups excluding carboxylic acids is 2. The van der Waals surface area contributed by atoms with Crippen molar-refractivity contribution in [2.75, 3.05) is 17.7 Å². The Kier molecular flexibility index (Phi) is 4.98. The van der Waals surface area contributed by atoms with Gasteiger partial charge in [0, 0.05) is 16.3 Å². The summed E-state index contributed by atoms with van der Waals surface area (Å²) in [6.45, 7) is 1.88. The Morgan fingerprint density at radius 1 is 1.31 bits per heavy atom. The molecule has 8 heteroatoms. The number of hydrogen-bond donors (Lipinski definition) is 2. The van der Waals surface area contributed by atoms with Crippen LogP contribution < -0.4 is 15.4 Å². The van der Waals surface area contributed by atoms with Crippen molar-refractivity contribution in [1.29, 1.82) is 0 Å². The van der Waals surface area contributed by atoms with E-state index in [0.717, 1.165) is 16.7 Å². The average molecular weight is 411 g/mol. The number of ether oxygens (including phenoxy) is 1. The minimum atomic E-state index is -0.719. The fraction of sp³-hybridized carbons (Fsp3) is 0.190. The molecule has 1 aliphatic heterocycles. The molecule has 0 radical (unpaired) electrons. The summed E-state index contributed by atoms with van der Waals surface area (Å²) in [5.74, 6) is 0.719. The molecule has 4 rings (SSSR count). The van der Waals surface area contributed by atoms with Gasteiger partial charge in [0.1, 0.15) is 17.6 Å². The minimum absolute atomic E-state index is 0.0377. The quantitative estimate of drug-likeness (QED) is 0.664. The maximum atomic E-state index is 12.6. The van der Waals surface area contributed by atoms with Crippen LogP contribution in [0.25, 0.3) is 11.1 Å². The molecule has 2 heterocycles. The van der Waals surface area contributed by atoms with Gasteiger partial charge in [-0.3, -0.25) is 9.59 Å². The van der Waals surface area contributed by atoms with E-state index in [1.54, 1.807) is 30.1 Å². The number of aromatic nitrogens is 2. The Balaban J connectivity index is 1.55. The Labute approximate surface area is 172 Å². The van der Waals surface area contributed by atoms with Gasteiger partial charge in [-0.1, -0.05) is 29.8 Å². The molecular weight excluding hydrogens is 392 g/mol. The van der Waals surface area contributed by atoms with Crippen molar-refractivity contribution in [2.24, 2.45) is 0 Å². The van der Waals surface area contributed by atoms with Gasteiger partial charge in [-0.15, -0.1) is 0 Å². The number of benzene rings is 2. The van der Waals surface area contributed by atoms with Crippen LogP contribution in [0, 0.1) is 6.92 Å². The summed E-state index contributed by atoms with van der Waals surface area (Å²) in [6, 6.07) is 12.0. The Morgan fingerprint density at radius 2 is 2.14 bits per heavy atom. The molecule has 0 saturated carbocycles. The summed E-state index contributed by atoms with van der Waals surface area (Å²) in [6.07, 6.45) is 1.64. The first kappa shape index (κ1) is 19.0. The first-order valence-corrected chi connectivity index (χ1v) is 9.43. The molecule has 2 aromatic carbocycles. The van der Waals surface area contributed by atoms with Gasteiger partial charge in [-0.05, 0) is 42.3 Å². The van der Waals surface area contributed by atoms with Crippen LogP contribution in [0.2, 0.25) is 5.02 Å². The highest BCUT2D eigenvalue weighted by atomic mass is 35.5. The van der Waals surface area contributed by atoms with Gasteiger partial charge in [0.05, 0.1) is 19.7 Å². The van der Waals surface area contributed by atoms with Crippen molar-refractivity contribution in [3.63, 3.8) is 0 Å². The van der Waals surface area contributed by atoms with Gasteiger partial charge >= 0.3 is 0 Å². The normalized spacial score (nSPS) is 15.0. The largest absolute Gasteiger partial charge is 0.497 e. The molecule has 1 atom stereocenters. The van der Waals surface area contributed by atoms with Crippen molar-refractivity contribution in [2.45, 2.75) is 19.4 Å². The minimum Gasteiger partial charge on any atom is -0.497 e. The second-order valence-corrected chi connectivity index (χ2v) is 7.24. The highest BCUT2D eigenvalue weighted by Gasteiger charge is 2.35. The van der Waals surface area contributed by atoms with E-state index < -0.39 is 6.04 Å². The Bertz CT molecular complexity index is 1110. The van der Waals surface area contributed by atoms with E-state index in [4.69, 9.17) is 16.3 Å². The monoisotopic (exact) mass is 410 g/mol. The number of fused-ring (bicyclic) bond motifs is 1. The van der Waals surface area contributed by atoms with Gasteiger partial charge in [-0.25, -0.2) is 4.68 Å². The third kappa shape index (κ3) is 3.69. The number of halogens is 1. The molecule has 0 fully saturated rings. The molecule has 0 aliphatic carbocycles. The third-order valence-corrected chi connectivity index (χ3v) is 5.10. The van der Waals surface area contributed by atoms with Crippen LogP contribution in [-0.2, 0) is 9.59 Å². The molecule has 148 valence electrons. The summed E-state index contributed by atoms with van der Waals surface area (Å²) in [5, 5.41) is 10.5. The predicted molar refractivity (Wildman–Crippen MR) is 111 cm³/mol. The molecule has 2 N–H and O–H groups in total. The first-order chi connectivity index (χ1) is 14.0. The maximum Gasteiger partial charge on any atom is 0.251 e. The van der Waals surface area contributed by atoms with E-state index in [1.165, 1.54) is 0 Å². The number of nitrogens with zero attached hydrogens (tertiary/aromatic N) is 2. The number of amides is 2. The average Bonchev–Trinajstić information content (AvgIpc) is 3.24. The highest BCUT2D eigenvalue weighted by Crippen LogP contribution is 2.36. The van der Waals surface area contributed by atoms with Crippen molar-refractivity contribution < 1.29 is 14.3 Å². The van der Waals surface area contributed by atoms with E-state index >= 15 is 0 Å². The second kappa shape index (κ2) is 7.60. The zero-order valence-corrected chi connectivity index (χ0v) is 16.7. The van der Waals surface area contributed by atoms with Gasteiger partial charge in [0.15, 0.2) is 0 Å². The topological polar surface area (TPSA) is 85.2 Å². The molecule has 0 saturated heterocycles. The molecule has 29 heavy (non-hydrogen) atoms. The molecule has 1 aliphatic rings. The number of aryl methyl sites for hydroxylation is 1. The zero-order valence-electron chi connectivity index (χ0n) is 15.9. The van der Waals surface area contributed by atoms with Gasteiger partial charge < -0.3 is 15.4 Å². The lowest BCUT2D eigenvalue weighted by molar-refractivity contribution is -0.123. The Morgan fingerprint density at radius 3 is 2.93 bits per heavy atom. The number of hydrogen-bond acceptors (Lipinski definition) is 4. The lowest BCUT2D eigenvalue weighted by Gasteiger charge is -2.11. The molecular formula is C21H19ClN4O3. The van der Waals surface area contributed by atoms with Crippen LogP contribution in [0.3, 0.4) is 0 Å². The first-order valence-electron chi connectivity index (χ1n) is 9.05. The lowest BCUT2D eigenvalue weighted by Crippen LogP contribution is -2.23. The van der Waals surface area contributed by atoms with Crippen molar-refractivity contribution >= 4 is 34.9 Å². The van der Waals surface area contributed by atoms with Crippen LogP contribution in [0.5, 0.6) is 5.75 Å². The molecule has 1 aromatic heterocycles. The van der Waals surface area contributed by atoms with Crippen LogP contribution >= 0.6 is 11.6 Å². The molecule has 0 bridgehead atoms. The smallest absolute Gasteiger partial charge is 0.251 e. The molecule has 0 spiro atoms. The molecule has 3 aromatic rings. The Hall–Kier alpha value is -3.32. The molecule has 1 unspecified atom stereocenters. The SMILES string of the molecule is COc1cccc(-c2cnn3c2NC(=O)C3CC(=O)Nc2cc(Cl)ccc2C)c1. The van der Waals surface area contributed by atoms with Gasteiger partial charge in [-0.2, -0.15) is 5.10 Å². The van der Waals surface area contributed by atoms with E-state index in [0.29, 0.717) is 22.3 Å². The van der Waals surface area contributed by atoms with E-state index in [1.807, 2.05) is 37.3 Å². The highest BCUT2D eigenvalue weighted by molar-refractivity contribution is 6.31. The summed E-state index contributed by atoms with van der Waals surface area (Å²) >= 11 is 6.00. The number of nitrogens with one attached hydrogen (secondary N) is 2. The van der Waals surface area contributed by atoms with E-state index in [-0.39, 0.29) is 18.2 Å². The maximum absolute atomic E-state index is 12.6. The number of rotatable bonds is 5. The van der Waals surface area contributed by atoms with Gasteiger partial charge in [0.2, 0.25) is 5.91 Å². The fourth-order valence-electron chi connectivity index (χ4n) is 3.32. The number of carbonyl (C=O) groups is 2. The second-order valence-electron chi connectivity index (χ2n) is 6.80. The van der Waals surface area contributed by atoms with E-state index in [2.05, 4.69) is 15.7 Å². The lowest BCUT2D eigenvalue weighted by atomic mass is 10.1.